The quantitative estimate of drug-likeness (QED) is 0.570. The number of fused-ring (bicyclic) bond motifs is 1. The minimum atomic E-state index is -0.801. The van der Waals surface area contributed by atoms with Crippen molar-refractivity contribution in [2.24, 2.45) is 5.92 Å². The van der Waals surface area contributed by atoms with Crippen LogP contribution < -0.4 is 10.9 Å². The molecule has 1 aliphatic rings. The minimum absolute atomic E-state index is 0.244. The number of methoxy groups -OCH3 is 1. The van der Waals surface area contributed by atoms with Crippen LogP contribution in [-0.4, -0.2) is 33.5 Å². The van der Waals surface area contributed by atoms with E-state index >= 15 is 0 Å². The number of rotatable bonds is 6. The van der Waals surface area contributed by atoms with E-state index in [2.05, 4.69) is 20.0 Å². The summed E-state index contributed by atoms with van der Waals surface area (Å²) in [5.74, 6) is -0.847. The second kappa shape index (κ2) is 9.89. The lowest BCUT2D eigenvalue weighted by Crippen LogP contribution is -2.35. The Labute approximate surface area is 189 Å². The molecular weight excluding hydrogens is 427 g/mol. The Bertz CT molecular complexity index is 1220. The molecule has 2 heterocycles. The second-order valence-electron chi connectivity index (χ2n) is 8.29. The molecule has 33 heavy (non-hydrogen) atoms. The van der Waals surface area contributed by atoms with Crippen LogP contribution in [0.1, 0.15) is 54.9 Å². The molecule has 2 aromatic heterocycles. The van der Waals surface area contributed by atoms with E-state index in [0.717, 1.165) is 25.7 Å². The van der Waals surface area contributed by atoms with Crippen LogP contribution >= 0.6 is 0 Å². The van der Waals surface area contributed by atoms with E-state index in [4.69, 9.17) is 0 Å². The average Bonchev–Trinajstić information content (AvgIpc) is 2.83. The van der Waals surface area contributed by atoms with Crippen molar-refractivity contribution >= 4 is 28.6 Å². The third-order valence-corrected chi connectivity index (χ3v) is 6.10. The highest BCUT2D eigenvalue weighted by atomic mass is 19.1. The maximum atomic E-state index is 13.6. The fourth-order valence-corrected chi connectivity index (χ4v) is 4.33. The zero-order valence-corrected chi connectivity index (χ0v) is 18.3. The number of amides is 1. The summed E-state index contributed by atoms with van der Waals surface area (Å²) in [6.45, 7) is 0. The first-order valence-corrected chi connectivity index (χ1v) is 11.0. The van der Waals surface area contributed by atoms with Crippen molar-refractivity contribution < 1.29 is 18.7 Å². The van der Waals surface area contributed by atoms with Gasteiger partial charge >= 0.3 is 5.97 Å². The predicted octanol–water partition coefficient (Wildman–Crippen LogP) is 3.87. The van der Waals surface area contributed by atoms with Crippen molar-refractivity contribution in [1.29, 1.82) is 0 Å². The van der Waals surface area contributed by atoms with Crippen molar-refractivity contribution in [2.45, 2.75) is 44.6 Å². The van der Waals surface area contributed by atoms with Crippen molar-refractivity contribution in [2.75, 3.05) is 12.4 Å². The highest BCUT2D eigenvalue weighted by Gasteiger charge is 2.28. The van der Waals surface area contributed by atoms with Crippen LogP contribution in [0.4, 0.5) is 10.2 Å². The number of hydrogen-bond acceptors (Lipinski definition) is 6. The molecule has 1 saturated carbocycles. The Kier molecular flexibility index (Phi) is 6.76. The van der Waals surface area contributed by atoms with Crippen molar-refractivity contribution in [3.8, 4) is 0 Å². The molecular formula is C24H25FN4O4. The number of hydrogen-bond donors (Lipinski definition) is 1. The van der Waals surface area contributed by atoms with Gasteiger partial charge in [-0.2, -0.15) is 0 Å². The third-order valence-electron chi connectivity index (χ3n) is 6.10. The van der Waals surface area contributed by atoms with Gasteiger partial charge in [-0.1, -0.05) is 32.1 Å². The minimum Gasteiger partial charge on any atom is -0.465 e. The number of nitrogens with one attached hydrogen (secondary N) is 1. The first-order chi connectivity index (χ1) is 16.0. The van der Waals surface area contributed by atoms with Gasteiger partial charge in [0.1, 0.15) is 17.7 Å². The summed E-state index contributed by atoms with van der Waals surface area (Å²) in [7, 11) is 1.28. The molecule has 1 fully saturated rings. The number of carbonyl (C=O) groups is 2. The Morgan fingerprint density at radius 2 is 1.97 bits per heavy atom. The lowest BCUT2D eigenvalue weighted by atomic mass is 9.84. The number of benzene rings is 1. The summed E-state index contributed by atoms with van der Waals surface area (Å²) in [6.07, 6.45) is 8.47. The van der Waals surface area contributed by atoms with E-state index in [1.807, 2.05) is 0 Å². The van der Waals surface area contributed by atoms with Gasteiger partial charge in [0.25, 0.3) is 5.56 Å². The standard InChI is InChI=1S/C24H25FN4O4/c1-33-24(32)16-7-10-21(26-13-16)28-22(30)20(11-15-5-3-2-4-6-15)29-14-27-19-12-17(25)8-9-18(19)23(29)31/h7-10,12-15,20H,2-6,11H2,1H3,(H,26,28,30). The number of pyridine rings is 1. The summed E-state index contributed by atoms with van der Waals surface area (Å²) in [5, 5.41) is 3.00. The number of ether oxygens (including phenoxy) is 1. The van der Waals surface area contributed by atoms with Crippen LogP contribution in [0.3, 0.4) is 0 Å². The molecule has 9 heteroatoms. The molecule has 8 nitrogen and oxygen atoms in total. The lowest BCUT2D eigenvalue weighted by molar-refractivity contribution is -0.120. The fourth-order valence-electron chi connectivity index (χ4n) is 4.33. The van der Waals surface area contributed by atoms with Crippen LogP contribution in [0.5, 0.6) is 0 Å². The molecule has 1 aromatic carbocycles. The van der Waals surface area contributed by atoms with E-state index in [9.17, 15) is 18.8 Å². The molecule has 1 atom stereocenters. The van der Waals surface area contributed by atoms with E-state index in [0.29, 0.717) is 12.3 Å². The first-order valence-electron chi connectivity index (χ1n) is 11.0. The van der Waals surface area contributed by atoms with E-state index in [-0.39, 0.29) is 22.3 Å². The largest absolute Gasteiger partial charge is 0.465 e. The Morgan fingerprint density at radius 3 is 2.67 bits per heavy atom. The van der Waals surface area contributed by atoms with Gasteiger partial charge in [-0.3, -0.25) is 14.2 Å². The van der Waals surface area contributed by atoms with Crippen molar-refractivity contribution in [3.05, 3.63) is 64.6 Å². The molecule has 1 aliphatic carbocycles. The molecule has 0 aliphatic heterocycles. The lowest BCUT2D eigenvalue weighted by Gasteiger charge is -2.27. The molecule has 1 amide bonds. The Morgan fingerprint density at radius 1 is 1.18 bits per heavy atom. The number of carbonyl (C=O) groups excluding carboxylic acids is 2. The SMILES string of the molecule is COC(=O)c1ccc(NC(=O)C(CC2CCCCC2)n2cnc3cc(F)ccc3c2=O)nc1. The second-order valence-corrected chi connectivity index (χ2v) is 8.29. The van der Waals surface area contributed by atoms with Gasteiger partial charge in [-0.05, 0) is 36.6 Å². The van der Waals surface area contributed by atoms with Crippen LogP contribution in [0.2, 0.25) is 0 Å². The molecule has 3 aromatic rings. The average molecular weight is 452 g/mol. The number of nitrogens with zero attached hydrogens (tertiary/aromatic N) is 3. The Hall–Kier alpha value is -3.62. The summed E-state index contributed by atoms with van der Waals surface area (Å²) in [6, 6.07) is 6.00. The van der Waals surface area contributed by atoms with Gasteiger partial charge in [0.15, 0.2) is 0 Å². The molecule has 1 N–H and O–H groups in total. The maximum absolute atomic E-state index is 13.6. The number of halogens is 1. The van der Waals surface area contributed by atoms with Crippen LogP contribution in [0.25, 0.3) is 10.9 Å². The highest BCUT2D eigenvalue weighted by molar-refractivity contribution is 5.94. The van der Waals surface area contributed by atoms with E-state index in [1.54, 1.807) is 0 Å². The molecule has 0 radical (unpaired) electrons. The predicted molar refractivity (Wildman–Crippen MR) is 120 cm³/mol. The summed E-state index contributed by atoms with van der Waals surface area (Å²) in [5.41, 5.74) is 0.106. The van der Waals surface area contributed by atoms with Crippen molar-refractivity contribution in [3.63, 3.8) is 0 Å². The molecule has 4 rings (SSSR count). The normalized spacial score (nSPS) is 15.2. The smallest absolute Gasteiger partial charge is 0.339 e. The van der Waals surface area contributed by atoms with Crippen molar-refractivity contribution in [1.82, 2.24) is 14.5 Å². The van der Waals surface area contributed by atoms with Gasteiger partial charge in [0, 0.05) is 12.3 Å². The fraction of sp³-hybridized carbons (Fsp3) is 0.375. The van der Waals surface area contributed by atoms with Gasteiger partial charge in [0.05, 0.1) is 29.9 Å². The zero-order chi connectivity index (χ0) is 23.4. The molecule has 0 bridgehead atoms. The molecule has 172 valence electrons. The Balaban J connectivity index is 1.64. The summed E-state index contributed by atoms with van der Waals surface area (Å²) >= 11 is 0. The highest BCUT2D eigenvalue weighted by Crippen LogP contribution is 2.31. The zero-order valence-electron chi connectivity index (χ0n) is 18.3. The van der Waals surface area contributed by atoms with Crippen LogP contribution in [-0.2, 0) is 9.53 Å². The maximum Gasteiger partial charge on any atom is 0.339 e. The number of aromatic nitrogens is 3. The number of anilines is 1. The summed E-state index contributed by atoms with van der Waals surface area (Å²) < 4.78 is 19.5. The molecule has 0 spiro atoms. The monoisotopic (exact) mass is 452 g/mol. The molecule has 0 saturated heterocycles. The van der Waals surface area contributed by atoms with Gasteiger partial charge < -0.3 is 10.1 Å². The van der Waals surface area contributed by atoms with Gasteiger partial charge in [-0.25, -0.2) is 19.2 Å². The number of esters is 1. The van der Waals surface area contributed by atoms with E-state index in [1.165, 1.54) is 61.0 Å². The third kappa shape index (κ3) is 5.08. The van der Waals surface area contributed by atoms with Gasteiger partial charge in [0.2, 0.25) is 5.91 Å². The van der Waals surface area contributed by atoms with Crippen LogP contribution in [0, 0.1) is 11.7 Å². The topological polar surface area (TPSA) is 103 Å². The van der Waals surface area contributed by atoms with E-state index < -0.39 is 29.3 Å². The molecule has 1 unspecified atom stereocenters. The summed E-state index contributed by atoms with van der Waals surface area (Å²) in [4.78, 5) is 46.4. The van der Waals surface area contributed by atoms with Gasteiger partial charge in [-0.15, -0.1) is 0 Å². The first kappa shape index (κ1) is 22.6. The van der Waals surface area contributed by atoms with Crippen LogP contribution in [0.15, 0.2) is 47.7 Å².